The average Bonchev–Trinajstić information content (AvgIpc) is 3.06. The maximum atomic E-state index is 13.1. The van der Waals surface area contributed by atoms with Crippen LogP contribution in [0.1, 0.15) is 21.6 Å². The number of para-hydroxylation sites is 1. The molecule has 0 aliphatic heterocycles. The molecule has 0 amide bonds. The first-order chi connectivity index (χ1) is 13.5. The average molecular weight is 376 g/mol. The van der Waals surface area contributed by atoms with E-state index in [1.54, 1.807) is 17.4 Å². The van der Waals surface area contributed by atoms with E-state index in [-0.39, 0.29) is 11.3 Å². The van der Waals surface area contributed by atoms with Gasteiger partial charge in [0.05, 0.1) is 30.8 Å². The van der Waals surface area contributed by atoms with Gasteiger partial charge in [-0.3, -0.25) is 9.20 Å². The van der Waals surface area contributed by atoms with Gasteiger partial charge in [0.15, 0.2) is 0 Å². The van der Waals surface area contributed by atoms with E-state index in [0.717, 1.165) is 10.9 Å². The molecule has 0 fully saturated rings. The number of aromatic nitrogens is 2. The van der Waals surface area contributed by atoms with Crippen molar-refractivity contribution in [1.82, 2.24) is 9.38 Å². The molecule has 7 heteroatoms. The molecule has 4 rings (SSSR count). The predicted molar refractivity (Wildman–Crippen MR) is 105 cm³/mol. The zero-order valence-electron chi connectivity index (χ0n) is 15.5. The van der Waals surface area contributed by atoms with Crippen LogP contribution in [0.3, 0.4) is 0 Å². The number of fused-ring (bicyclic) bond motifs is 3. The van der Waals surface area contributed by atoms with Crippen LogP contribution >= 0.6 is 0 Å². The highest BCUT2D eigenvalue weighted by Crippen LogP contribution is 2.33. The number of esters is 2. The number of methoxy groups -OCH3 is 2. The van der Waals surface area contributed by atoms with Gasteiger partial charge in [-0.05, 0) is 25.1 Å². The lowest BCUT2D eigenvalue weighted by molar-refractivity contribution is -0.134. The van der Waals surface area contributed by atoms with Crippen molar-refractivity contribution in [3.8, 4) is 0 Å². The maximum absolute atomic E-state index is 13.1. The first-order valence-corrected chi connectivity index (χ1v) is 8.52. The third-order valence-electron chi connectivity index (χ3n) is 4.82. The molecule has 0 saturated carbocycles. The lowest BCUT2D eigenvalue weighted by atomic mass is 10.1. The van der Waals surface area contributed by atoms with Gasteiger partial charge in [0, 0.05) is 28.0 Å². The molecule has 7 nitrogen and oxygen atoms in total. The van der Waals surface area contributed by atoms with Gasteiger partial charge in [-0.25, -0.2) is 14.6 Å². The van der Waals surface area contributed by atoms with Crippen LogP contribution in [0, 0.1) is 6.92 Å². The van der Waals surface area contributed by atoms with Crippen LogP contribution < -0.4 is 5.56 Å². The Kier molecular flexibility index (Phi) is 4.07. The van der Waals surface area contributed by atoms with Crippen LogP contribution in [0.25, 0.3) is 33.4 Å². The van der Waals surface area contributed by atoms with E-state index < -0.39 is 11.9 Å². The zero-order valence-corrected chi connectivity index (χ0v) is 15.5. The standard InChI is InChI=1S/C21H16N2O5/c1-11-12(8-9-17(24)27-2)18-19-14(10-15(22-18)21(26)28-3)13-6-4-5-7-16(13)23(19)20(11)25/h4-10H,1-3H3/b9-8+. The van der Waals surface area contributed by atoms with Crippen LogP contribution in [0.4, 0.5) is 0 Å². The number of carbonyl (C=O) groups excluding carboxylic acids is 2. The lowest BCUT2D eigenvalue weighted by Crippen LogP contribution is -2.18. The first-order valence-electron chi connectivity index (χ1n) is 8.52. The number of ether oxygens (including phenoxy) is 2. The van der Waals surface area contributed by atoms with E-state index in [9.17, 15) is 14.4 Å². The highest BCUT2D eigenvalue weighted by Gasteiger charge is 2.22. The summed E-state index contributed by atoms with van der Waals surface area (Å²) in [5, 5.41) is 1.54. The molecule has 3 heterocycles. The van der Waals surface area contributed by atoms with Gasteiger partial charge in [-0.1, -0.05) is 18.2 Å². The molecule has 0 bridgehead atoms. The van der Waals surface area contributed by atoms with Gasteiger partial charge >= 0.3 is 11.9 Å². The van der Waals surface area contributed by atoms with Crippen LogP contribution in [0.5, 0.6) is 0 Å². The quantitative estimate of drug-likeness (QED) is 0.404. The van der Waals surface area contributed by atoms with Crippen LogP contribution in [-0.2, 0) is 14.3 Å². The number of rotatable bonds is 3. The predicted octanol–water partition coefficient (Wildman–Crippen LogP) is 2.72. The molecule has 0 aliphatic rings. The van der Waals surface area contributed by atoms with Gasteiger partial charge in [0.25, 0.3) is 5.56 Å². The van der Waals surface area contributed by atoms with Gasteiger partial charge < -0.3 is 9.47 Å². The van der Waals surface area contributed by atoms with Crippen molar-refractivity contribution in [3.63, 3.8) is 0 Å². The monoisotopic (exact) mass is 376 g/mol. The first kappa shape index (κ1) is 17.7. The second-order valence-corrected chi connectivity index (χ2v) is 6.30. The van der Waals surface area contributed by atoms with Crippen molar-refractivity contribution < 1.29 is 19.1 Å². The Hall–Kier alpha value is -3.74. The molecule has 0 saturated heterocycles. The number of carbonyl (C=O) groups is 2. The number of hydrogen-bond donors (Lipinski definition) is 0. The van der Waals surface area contributed by atoms with E-state index in [2.05, 4.69) is 9.72 Å². The van der Waals surface area contributed by atoms with Crippen LogP contribution in [0.15, 0.2) is 41.2 Å². The summed E-state index contributed by atoms with van der Waals surface area (Å²) in [4.78, 5) is 41.3. The Morgan fingerprint density at radius 3 is 2.57 bits per heavy atom. The molecule has 140 valence electrons. The third-order valence-corrected chi connectivity index (χ3v) is 4.82. The van der Waals surface area contributed by atoms with E-state index in [4.69, 9.17) is 4.74 Å². The molecule has 0 unspecified atom stereocenters. The Morgan fingerprint density at radius 1 is 1.11 bits per heavy atom. The molecule has 28 heavy (non-hydrogen) atoms. The zero-order chi connectivity index (χ0) is 20.0. The normalized spacial score (nSPS) is 11.7. The van der Waals surface area contributed by atoms with Crippen molar-refractivity contribution >= 4 is 45.3 Å². The fourth-order valence-electron chi connectivity index (χ4n) is 3.48. The SMILES string of the molecule is COC(=O)/C=C/c1c(C)c(=O)n2c3ccccc3c3cc(C(=O)OC)nc1c32. The topological polar surface area (TPSA) is 87.0 Å². The summed E-state index contributed by atoms with van der Waals surface area (Å²) in [7, 11) is 2.55. The Balaban J connectivity index is 2.24. The van der Waals surface area contributed by atoms with E-state index >= 15 is 0 Å². The van der Waals surface area contributed by atoms with Crippen molar-refractivity contribution in [2.75, 3.05) is 14.2 Å². The second-order valence-electron chi connectivity index (χ2n) is 6.30. The summed E-state index contributed by atoms with van der Waals surface area (Å²) in [6.45, 7) is 1.66. The number of hydrogen-bond acceptors (Lipinski definition) is 6. The molecular weight excluding hydrogens is 360 g/mol. The molecule has 0 atom stereocenters. The summed E-state index contributed by atoms with van der Waals surface area (Å²) >= 11 is 0. The van der Waals surface area contributed by atoms with Crippen LogP contribution in [0.2, 0.25) is 0 Å². The molecule has 3 aromatic heterocycles. The minimum atomic E-state index is -0.583. The van der Waals surface area contributed by atoms with E-state index in [1.807, 2.05) is 24.3 Å². The molecule has 1 aromatic carbocycles. The molecule has 0 spiro atoms. The van der Waals surface area contributed by atoms with Gasteiger partial charge in [0.2, 0.25) is 0 Å². The summed E-state index contributed by atoms with van der Waals surface area (Å²) in [5.74, 6) is -1.14. The number of nitrogens with zero attached hydrogens (tertiary/aromatic N) is 2. The summed E-state index contributed by atoms with van der Waals surface area (Å²) in [5.41, 5.74) is 2.53. The Labute approximate surface area is 159 Å². The van der Waals surface area contributed by atoms with Crippen molar-refractivity contribution in [2.45, 2.75) is 6.92 Å². The molecular formula is C21H16N2O5. The van der Waals surface area contributed by atoms with Gasteiger partial charge in [-0.15, -0.1) is 0 Å². The Morgan fingerprint density at radius 2 is 1.86 bits per heavy atom. The summed E-state index contributed by atoms with van der Waals surface area (Å²) < 4.78 is 11.1. The molecule has 0 radical (unpaired) electrons. The summed E-state index contributed by atoms with van der Waals surface area (Å²) in [6.07, 6.45) is 2.71. The highest BCUT2D eigenvalue weighted by molar-refractivity contribution is 6.16. The highest BCUT2D eigenvalue weighted by atomic mass is 16.5. The smallest absolute Gasteiger partial charge is 0.356 e. The molecule has 0 aliphatic carbocycles. The Bertz CT molecular complexity index is 1350. The fraction of sp³-hybridized carbons (Fsp3) is 0.143. The van der Waals surface area contributed by atoms with Crippen molar-refractivity contribution in [1.29, 1.82) is 0 Å². The fourth-order valence-corrected chi connectivity index (χ4v) is 3.48. The van der Waals surface area contributed by atoms with Crippen molar-refractivity contribution in [3.05, 3.63) is 63.6 Å². The van der Waals surface area contributed by atoms with E-state index in [0.29, 0.717) is 27.5 Å². The maximum Gasteiger partial charge on any atom is 0.356 e. The largest absolute Gasteiger partial charge is 0.466 e. The number of benzene rings is 1. The van der Waals surface area contributed by atoms with Crippen LogP contribution in [-0.4, -0.2) is 35.5 Å². The summed E-state index contributed by atoms with van der Waals surface area (Å²) in [6, 6.07) is 9.07. The second kappa shape index (κ2) is 6.45. The lowest BCUT2D eigenvalue weighted by Gasteiger charge is -2.09. The molecule has 4 aromatic rings. The number of pyridine rings is 2. The van der Waals surface area contributed by atoms with Gasteiger partial charge in [0.1, 0.15) is 5.69 Å². The van der Waals surface area contributed by atoms with E-state index in [1.165, 1.54) is 26.4 Å². The minimum Gasteiger partial charge on any atom is -0.466 e. The molecule has 0 N–H and O–H groups in total. The third kappa shape index (κ3) is 2.44. The minimum absolute atomic E-state index is 0.124. The van der Waals surface area contributed by atoms with Crippen molar-refractivity contribution in [2.24, 2.45) is 0 Å². The van der Waals surface area contributed by atoms with Gasteiger partial charge in [-0.2, -0.15) is 0 Å².